The Kier molecular flexibility index (Phi) is 3.50. The number of aryl methyl sites for hydroxylation is 1. The second kappa shape index (κ2) is 4.88. The van der Waals surface area contributed by atoms with E-state index >= 15 is 0 Å². The molecule has 1 unspecified atom stereocenters. The van der Waals surface area contributed by atoms with Crippen molar-refractivity contribution in [2.45, 2.75) is 44.8 Å². The minimum absolute atomic E-state index is 0.323. The van der Waals surface area contributed by atoms with Gasteiger partial charge in [-0.2, -0.15) is 0 Å². The Labute approximate surface area is 95.1 Å². The highest BCUT2D eigenvalue weighted by Gasteiger charge is 2.35. The van der Waals surface area contributed by atoms with Crippen LogP contribution in [-0.2, 0) is 16.9 Å². The van der Waals surface area contributed by atoms with E-state index in [0.717, 1.165) is 38.2 Å². The first-order valence-corrected chi connectivity index (χ1v) is 5.87. The summed E-state index contributed by atoms with van der Waals surface area (Å²) >= 11 is 0. The van der Waals surface area contributed by atoms with Crippen LogP contribution in [0, 0.1) is 0 Å². The predicted octanol–water partition coefficient (Wildman–Crippen LogP) is 0.438. The fourth-order valence-corrected chi connectivity index (χ4v) is 2.09. The van der Waals surface area contributed by atoms with E-state index < -0.39 is 0 Å². The van der Waals surface area contributed by atoms with Crippen LogP contribution in [0.25, 0.3) is 0 Å². The fourth-order valence-electron chi connectivity index (χ4n) is 2.09. The topological polar surface area (TPSA) is 78.9 Å². The van der Waals surface area contributed by atoms with Gasteiger partial charge >= 0.3 is 0 Å². The van der Waals surface area contributed by atoms with E-state index in [1.165, 1.54) is 6.42 Å². The molecule has 2 heterocycles. The summed E-state index contributed by atoms with van der Waals surface area (Å²) in [5.41, 5.74) is 5.17. The Morgan fingerprint density at radius 2 is 2.38 bits per heavy atom. The normalized spacial score (nSPS) is 25.9. The number of tetrazole rings is 1. The third-order valence-electron chi connectivity index (χ3n) is 3.05. The molecule has 1 atom stereocenters. The maximum Gasteiger partial charge on any atom is 0.183 e. The highest BCUT2D eigenvalue weighted by Crippen LogP contribution is 2.32. The molecule has 1 aromatic rings. The Morgan fingerprint density at radius 3 is 3.06 bits per heavy atom. The van der Waals surface area contributed by atoms with E-state index in [1.807, 2.05) is 4.68 Å². The van der Waals surface area contributed by atoms with Gasteiger partial charge in [-0.05, 0) is 49.6 Å². The lowest BCUT2D eigenvalue weighted by Gasteiger charge is -2.32. The number of hydrogen-bond donors (Lipinski definition) is 1. The van der Waals surface area contributed by atoms with Crippen molar-refractivity contribution in [2.24, 2.45) is 5.73 Å². The van der Waals surface area contributed by atoms with Gasteiger partial charge in [-0.1, -0.05) is 0 Å². The number of hydrogen-bond acceptors (Lipinski definition) is 5. The third kappa shape index (κ3) is 2.22. The first-order chi connectivity index (χ1) is 7.76. The van der Waals surface area contributed by atoms with Crippen LogP contribution in [0.3, 0.4) is 0 Å². The number of rotatable bonds is 4. The zero-order valence-corrected chi connectivity index (χ0v) is 9.72. The van der Waals surface area contributed by atoms with Crippen molar-refractivity contribution in [2.75, 3.05) is 13.2 Å². The summed E-state index contributed by atoms with van der Waals surface area (Å²) in [4.78, 5) is 0. The van der Waals surface area contributed by atoms with Gasteiger partial charge in [0.2, 0.25) is 0 Å². The van der Waals surface area contributed by atoms with Gasteiger partial charge in [0.1, 0.15) is 5.60 Å². The van der Waals surface area contributed by atoms with Gasteiger partial charge in [0.25, 0.3) is 0 Å². The van der Waals surface area contributed by atoms with E-state index in [-0.39, 0.29) is 5.60 Å². The van der Waals surface area contributed by atoms with Crippen LogP contribution < -0.4 is 5.73 Å². The molecule has 0 aromatic carbocycles. The molecule has 0 amide bonds. The molecule has 0 spiro atoms. The van der Waals surface area contributed by atoms with Gasteiger partial charge in [0.15, 0.2) is 5.82 Å². The average Bonchev–Trinajstić information content (AvgIpc) is 2.76. The number of nitrogens with zero attached hydrogens (tertiary/aromatic N) is 4. The zero-order valence-electron chi connectivity index (χ0n) is 9.72. The monoisotopic (exact) mass is 225 g/mol. The second-order valence-corrected chi connectivity index (χ2v) is 4.40. The first kappa shape index (κ1) is 11.5. The molecule has 90 valence electrons. The molecular formula is C10H19N5O. The van der Waals surface area contributed by atoms with Gasteiger partial charge in [0, 0.05) is 13.2 Å². The highest BCUT2D eigenvalue weighted by molar-refractivity contribution is 4.99. The van der Waals surface area contributed by atoms with Crippen molar-refractivity contribution < 1.29 is 4.74 Å². The Balaban J connectivity index is 2.15. The van der Waals surface area contributed by atoms with Gasteiger partial charge < -0.3 is 10.5 Å². The standard InChI is InChI=1S/C10H19N5O/c1-10(5-2-3-8-16-10)9-12-13-14-15(9)7-4-6-11/h2-8,11H2,1H3. The van der Waals surface area contributed by atoms with Gasteiger partial charge in [-0.25, -0.2) is 4.68 Å². The van der Waals surface area contributed by atoms with Gasteiger partial charge in [0.05, 0.1) is 0 Å². The summed E-state index contributed by atoms with van der Waals surface area (Å²) in [7, 11) is 0. The van der Waals surface area contributed by atoms with Gasteiger partial charge in [-0.15, -0.1) is 5.10 Å². The number of aromatic nitrogens is 4. The molecule has 2 rings (SSSR count). The minimum Gasteiger partial charge on any atom is -0.367 e. The predicted molar refractivity (Wildman–Crippen MR) is 58.6 cm³/mol. The Bertz CT molecular complexity index is 332. The van der Waals surface area contributed by atoms with E-state index in [1.54, 1.807) is 0 Å². The van der Waals surface area contributed by atoms with Crippen molar-refractivity contribution in [3.63, 3.8) is 0 Å². The molecule has 0 saturated carbocycles. The highest BCUT2D eigenvalue weighted by atomic mass is 16.5. The lowest BCUT2D eigenvalue weighted by molar-refractivity contribution is -0.0787. The van der Waals surface area contributed by atoms with Crippen molar-refractivity contribution >= 4 is 0 Å². The molecule has 1 aromatic heterocycles. The smallest absolute Gasteiger partial charge is 0.183 e. The average molecular weight is 225 g/mol. The van der Waals surface area contributed by atoms with E-state index in [9.17, 15) is 0 Å². The van der Waals surface area contributed by atoms with Crippen molar-refractivity contribution in [3.8, 4) is 0 Å². The molecule has 0 radical (unpaired) electrons. The van der Waals surface area contributed by atoms with E-state index in [0.29, 0.717) is 6.54 Å². The molecule has 0 bridgehead atoms. The molecule has 6 heteroatoms. The molecule has 6 nitrogen and oxygen atoms in total. The molecular weight excluding hydrogens is 206 g/mol. The zero-order chi connectivity index (χ0) is 11.4. The summed E-state index contributed by atoms with van der Waals surface area (Å²) in [6.45, 7) is 4.27. The molecule has 1 aliphatic rings. The van der Waals surface area contributed by atoms with E-state index in [4.69, 9.17) is 10.5 Å². The Hall–Kier alpha value is -1.01. The third-order valence-corrected chi connectivity index (χ3v) is 3.05. The number of ether oxygens (including phenoxy) is 1. The largest absolute Gasteiger partial charge is 0.367 e. The fraction of sp³-hybridized carbons (Fsp3) is 0.900. The summed E-state index contributed by atoms with van der Waals surface area (Å²) in [5, 5.41) is 11.8. The van der Waals surface area contributed by atoms with E-state index in [2.05, 4.69) is 22.4 Å². The van der Waals surface area contributed by atoms with Gasteiger partial charge in [-0.3, -0.25) is 0 Å². The lowest BCUT2D eigenvalue weighted by Crippen LogP contribution is -2.34. The second-order valence-electron chi connectivity index (χ2n) is 4.40. The van der Waals surface area contributed by atoms with Crippen molar-refractivity contribution in [1.82, 2.24) is 20.2 Å². The van der Waals surface area contributed by atoms with Crippen LogP contribution in [0.4, 0.5) is 0 Å². The Morgan fingerprint density at radius 1 is 1.50 bits per heavy atom. The first-order valence-electron chi connectivity index (χ1n) is 5.87. The van der Waals surface area contributed by atoms with Crippen molar-refractivity contribution in [3.05, 3.63) is 5.82 Å². The summed E-state index contributed by atoms with van der Waals surface area (Å²) in [5.74, 6) is 0.834. The molecule has 16 heavy (non-hydrogen) atoms. The molecule has 1 aliphatic heterocycles. The lowest BCUT2D eigenvalue weighted by atomic mass is 9.95. The molecule has 2 N–H and O–H groups in total. The van der Waals surface area contributed by atoms with Crippen molar-refractivity contribution in [1.29, 1.82) is 0 Å². The van der Waals surface area contributed by atoms with Crippen LogP contribution in [0.15, 0.2) is 0 Å². The molecule has 1 fully saturated rings. The van der Waals surface area contributed by atoms with Crippen LogP contribution in [0.5, 0.6) is 0 Å². The maximum absolute atomic E-state index is 5.84. The quantitative estimate of drug-likeness (QED) is 0.804. The van der Waals surface area contributed by atoms with Crippen LogP contribution in [0.1, 0.15) is 38.4 Å². The molecule has 0 aliphatic carbocycles. The number of nitrogens with two attached hydrogens (primary N) is 1. The maximum atomic E-state index is 5.84. The van der Waals surface area contributed by atoms with Crippen LogP contribution in [0.2, 0.25) is 0 Å². The SMILES string of the molecule is CC1(c2nnnn2CCCN)CCCCO1. The summed E-state index contributed by atoms with van der Waals surface area (Å²) in [6, 6.07) is 0. The summed E-state index contributed by atoms with van der Waals surface area (Å²) in [6.07, 6.45) is 4.16. The van der Waals surface area contributed by atoms with Crippen LogP contribution >= 0.6 is 0 Å². The summed E-state index contributed by atoms with van der Waals surface area (Å²) < 4.78 is 7.65. The molecule has 1 saturated heterocycles. The van der Waals surface area contributed by atoms with Crippen LogP contribution in [-0.4, -0.2) is 33.4 Å². The minimum atomic E-state index is -0.323.